The number of rotatable bonds is 7. The van der Waals surface area contributed by atoms with Gasteiger partial charge in [-0.3, -0.25) is 0 Å². The Hall–Kier alpha value is -7.16. The van der Waals surface area contributed by atoms with E-state index in [1.54, 1.807) is 0 Å². The molecule has 10 rings (SSSR count). The second-order valence-electron chi connectivity index (χ2n) is 13.8. The Morgan fingerprint density at radius 3 is 1.35 bits per heavy atom. The molecule has 2 heterocycles. The molecule has 0 amide bonds. The molecule has 0 aliphatic heterocycles. The third-order valence-electron chi connectivity index (χ3n) is 10.6. The van der Waals surface area contributed by atoms with Crippen molar-refractivity contribution in [2.45, 2.75) is 0 Å². The summed E-state index contributed by atoms with van der Waals surface area (Å²) in [7, 11) is 0. The predicted molar refractivity (Wildman–Crippen MR) is 229 cm³/mol. The van der Waals surface area contributed by atoms with Crippen LogP contribution in [0.25, 0.3) is 71.7 Å². The summed E-state index contributed by atoms with van der Waals surface area (Å²) in [6.45, 7) is 0. The zero-order valence-corrected chi connectivity index (χ0v) is 29.7. The lowest BCUT2D eigenvalue weighted by molar-refractivity contribution is 1.25. The van der Waals surface area contributed by atoms with Crippen molar-refractivity contribution in [2.75, 3.05) is 4.90 Å². The fourth-order valence-electron chi connectivity index (χ4n) is 8.03. The van der Waals surface area contributed by atoms with Gasteiger partial charge in [0.2, 0.25) is 0 Å². The molecule has 2 aromatic heterocycles. The van der Waals surface area contributed by atoms with Crippen molar-refractivity contribution in [3.63, 3.8) is 0 Å². The van der Waals surface area contributed by atoms with Crippen molar-refractivity contribution < 1.29 is 0 Å². The van der Waals surface area contributed by atoms with E-state index in [0.29, 0.717) is 0 Å². The minimum atomic E-state index is 1.10. The van der Waals surface area contributed by atoms with Gasteiger partial charge in [0, 0.05) is 39.8 Å². The van der Waals surface area contributed by atoms with Crippen LogP contribution in [0.2, 0.25) is 0 Å². The van der Waals surface area contributed by atoms with Crippen LogP contribution in [-0.4, -0.2) is 4.40 Å². The zero-order valence-electron chi connectivity index (χ0n) is 29.7. The predicted octanol–water partition coefficient (Wildman–Crippen LogP) is 14.4. The van der Waals surface area contributed by atoms with Gasteiger partial charge >= 0.3 is 0 Å². The monoisotopic (exact) mass is 688 g/mol. The number of anilines is 3. The number of fused-ring (bicyclic) bond motifs is 5. The lowest BCUT2D eigenvalue weighted by atomic mass is 9.95. The van der Waals surface area contributed by atoms with Crippen molar-refractivity contribution in [1.82, 2.24) is 4.40 Å². The summed E-state index contributed by atoms with van der Waals surface area (Å²) in [5.41, 5.74) is 15.4. The van der Waals surface area contributed by atoms with Crippen LogP contribution < -0.4 is 4.90 Å². The summed E-state index contributed by atoms with van der Waals surface area (Å²) in [5.74, 6) is 0. The smallest absolute Gasteiger partial charge is 0.0619 e. The molecule has 254 valence electrons. The standard InChI is InChI=1S/C52H36N2/c1-4-13-37(14-5-1)39-22-29-44(30-23-39)54(45-31-24-40(25-32-45)38-15-6-2-7-16-38)46-33-26-42(27-34-46)48-21-12-36-53-49-35-28-41-17-10-11-20-47(41)51(49)50(52(48)53)43-18-8-3-9-19-43/h1-36H. The highest BCUT2D eigenvalue weighted by atomic mass is 15.1. The molecule has 2 nitrogen and oxygen atoms in total. The van der Waals surface area contributed by atoms with Gasteiger partial charge in [0.1, 0.15) is 0 Å². The molecule has 8 aromatic carbocycles. The Kier molecular flexibility index (Phi) is 7.85. The van der Waals surface area contributed by atoms with E-state index >= 15 is 0 Å². The van der Waals surface area contributed by atoms with Crippen LogP contribution in [0, 0.1) is 0 Å². The van der Waals surface area contributed by atoms with Crippen LogP contribution in [0.5, 0.6) is 0 Å². The Morgan fingerprint density at radius 2 is 0.796 bits per heavy atom. The maximum atomic E-state index is 2.38. The molecule has 0 atom stereocenters. The lowest BCUT2D eigenvalue weighted by Crippen LogP contribution is -2.09. The van der Waals surface area contributed by atoms with Crippen molar-refractivity contribution in [2.24, 2.45) is 0 Å². The summed E-state index contributed by atoms with van der Waals surface area (Å²) in [4.78, 5) is 2.35. The minimum Gasteiger partial charge on any atom is -0.315 e. The molecule has 0 saturated heterocycles. The molecule has 0 spiro atoms. The highest BCUT2D eigenvalue weighted by Gasteiger charge is 2.20. The van der Waals surface area contributed by atoms with Gasteiger partial charge in [0.25, 0.3) is 0 Å². The number of pyridine rings is 1. The number of aromatic nitrogens is 1. The topological polar surface area (TPSA) is 7.65 Å². The van der Waals surface area contributed by atoms with E-state index in [1.807, 2.05) is 0 Å². The second kappa shape index (κ2) is 13.4. The van der Waals surface area contributed by atoms with Crippen molar-refractivity contribution in [1.29, 1.82) is 0 Å². The van der Waals surface area contributed by atoms with Crippen LogP contribution in [0.1, 0.15) is 0 Å². The first kappa shape index (κ1) is 31.6. The SMILES string of the molecule is c1ccc(-c2ccc(N(c3ccc(-c4ccccc4)cc3)c3ccc(-c4cccn5c4c(-c4ccccc4)c4c6ccccc6ccc45)cc3)cc2)cc1. The van der Waals surface area contributed by atoms with Gasteiger partial charge in [0.05, 0.1) is 11.0 Å². The zero-order chi connectivity index (χ0) is 35.8. The van der Waals surface area contributed by atoms with E-state index in [0.717, 1.165) is 17.1 Å². The second-order valence-corrected chi connectivity index (χ2v) is 13.8. The molecule has 0 aliphatic rings. The summed E-state index contributed by atoms with van der Waals surface area (Å²) < 4.78 is 2.38. The molecule has 0 aliphatic carbocycles. The average molecular weight is 689 g/mol. The lowest BCUT2D eigenvalue weighted by Gasteiger charge is -2.26. The Bertz CT molecular complexity index is 2790. The quantitative estimate of drug-likeness (QED) is 0.162. The molecular weight excluding hydrogens is 653 g/mol. The fourth-order valence-corrected chi connectivity index (χ4v) is 8.03. The van der Waals surface area contributed by atoms with E-state index in [9.17, 15) is 0 Å². The molecule has 0 bridgehead atoms. The van der Waals surface area contributed by atoms with E-state index in [4.69, 9.17) is 0 Å². The molecule has 2 heteroatoms. The Labute approximate surface area is 315 Å². The van der Waals surface area contributed by atoms with E-state index in [2.05, 4.69) is 228 Å². The van der Waals surface area contributed by atoms with Crippen molar-refractivity contribution in [3.05, 3.63) is 219 Å². The van der Waals surface area contributed by atoms with Crippen LogP contribution in [0.4, 0.5) is 17.1 Å². The van der Waals surface area contributed by atoms with Crippen molar-refractivity contribution in [3.8, 4) is 44.5 Å². The van der Waals surface area contributed by atoms with Gasteiger partial charge < -0.3 is 9.30 Å². The van der Waals surface area contributed by atoms with Gasteiger partial charge in [-0.05, 0) is 92.7 Å². The first-order valence-corrected chi connectivity index (χ1v) is 18.5. The third-order valence-corrected chi connectivity index (χ3v) is 10.6. The molecule has 0 radical (unpaired) electrons. The van der Waals surface area contributed by atoms with Crippen LogP contribution in [-0.2, 0) is 0 Å². The minimum absolute atomic E-state index is 1.10. The number of benzene rings is 8. The first-order valence-electron chi connectivity index (χ1n) is 18.5. The van der Waals surface area contributed by atoms with Gasteiger partial charge in [-0.25, -0.2) is 0 Å². The Morgan fingerprint density at radius 1 is 0.333 bits per heavy atom. The average Bonchev–Trinajstić information content (AvgIpc) is 3.61. The third kappa shape index (κ3) is 5.53. The van der Waals surface area contributed by atoms with E-state index in [-0.39, 0.29) is 0 Å². The molecule has 0 saturated carbocycles. The molecule has 54 heavy (non-hydrogen) atoms. The van der Waals surface area contributed by atoms with E-state index in [1.165, 1.54) is 71.7 Å². The summed E-state index contributed by atoms with van der Waals surface area (Å²) in [6.07, 6.45) is 2.21. The fraction of sp³-hybridized carbons (Fsp3) is 0. The normalized spacial score (nSPS) is 11.3. The number of hydrogen-bond donors (Lipinski definition) is 0. The van der Waals surface area contributed by atoms with Gasteiger partial charge in [-0.1, -0.05) is 164 Å². The van der Waals surface area contributed by atoms with Gasteiger partial charge in [-0.2, -0.15) is 0 Å². The van der Waals surface area contributed by atoms with Crippen LogP contribution in [0.3, 0.4) is 0 Å². The highest BCUT2D eigenvalue weighted by molar-refractivity contribution is 6.20. The van der Waals surface area contributed by atoms with Crippen LogP contribution in [0.15, 0.2) is 219 Å². The van der Waals surface area contributed by atoms with Crippen LogP contribution >= 0.6 is 0 Å². The number of nitrogens with zero attached hydrogens (tertiary/aromatic N) is 2. The first-order chi connectivity index (χ1) is 26.8. The summed E-state index contributed by atoms with van der Waals surface area (Å²) in [6, 6.07) is 76.5. The Balaban J connectivity index is 1.11. The molecular formula is C52H36N2. The summed E-state index contributed by atoms with van der Waals surface area (Å²) >= 11 is 0. The largest absolute Gasteiger partial charge is 0.315 e. The molecule has 0 N–H and O–H groups in total. The summed E-state index contributed by atoms with van der Waals surface area (Å²) in [5, 5.41) is 3.80. The van der Waals surface area contributed by atoms with Gasteiger partial charge in [-0.15, -0.1) is 0 Å². The number of hydrogen-bond acceptors (Lipinski definition) is 1. The molecule has 10 aromatic rings. The highest BCUT2D eigenvalue weighted by Crippen LogP contribution is 2.44. The maximum absolute atomic E-state index is 2.38. The maximum Gasteiger partial charge on any atom is 0.0619 e. The van der Waals surface area contributed by atoms with Gasteiger partial charge in [0.15, 0.2) is 0 Å². The molecule has 0 unspecified atom stereocenters. The molecule has 0 fully saturated rings. The van der Waals surface area contributed by atoms with E-state index < -0.39 is 0 Å². The van der Waals surface area contributed by atoms with Crippen molar-refractivity contribution >= 4 is 44.3 Å².